The van der Waals surface area contributed by atoms with Crippen LogP contribution in [0.15, 0.2) is 52.6 Å². The van der Waals surface area contributed by atoms with E-state index in [0.717, 1.165) is 16.6 Å². The fourth-order valence-electron chi connectivity index (χ4n) is 2.29. The van der Waals surface area contributed by atoms with Gasteiger partial charge < -0.3 is 0 Å². The number of nitrogens with zero attached hydrogens (tertiary/aromatic N) is 2. The number of rotatable bonds is 1. The molecule has 0 radical (unpaired) electrons. The highest BCUT2D eigenvalue weighted by Gasteiger charge is 2.17. The molecule has 0 saturated carbocycles. The molecule has 0 atom stereocenters. The Hall–Kier alpha value is -1.81. The summed E-state index contributed by atoms with van der Waals surface area (Å²) in [5.41, 5.74) is 5.28. The number of aliphatic imine (C=N–C) groups is 1. The summed E-state index contributed by atoms with van der Waals surface area (Å²) in [4.78, 5) is 4.62. The van der Waals surface area contributed by atoms with E-state index in [4.69, 9.17) is 0 Å². The van der Waals surface area contributed by atoms with E-state index in [1.54, 1.807) is 11.8 Å². The van der Waals surface area contributed by atoms with Gasteiger partial charge >= 0.3 is 0 Å². The Balaban J connectivity index is 1.93. The molecule has 2 aromatic rings. The van der Waals surface area contributed by atoms with Crippen LogP contribution in [0, 0.1) is 0 Å². The fraction of sp³-hybridized carbons (Fsp3) is 0.294. The van der Waals surface area contributed by atoms with Crippen molar-refractivity contribution in [1.82, 2.24) is 5.43 Å². The lowest BCUT2D eigenvalue weighted by molar-refractivity contribution is 0.582. The normalized spacial score (nSPS) is 17.7. The van der Waals surface area contributed by atoms with Crippen molar-refractivity contribution in [3.05, 3.63) is 48.0 Å². The van der Waals surface area contributed by atoms with Gasteiger partial charge in [0.15, 0.2) is 5.17 Å². The van der Waals surface area contributed by atoms with Gasteiger partial charge in [-0.05, 0) is 31.5 Å². The van der Waals surface area contributed by atoms with Crippen LogP contribution in [0.2, 0.25) is 0 Å². The number of hydrogen-bond acceptors (Lipinski definition) is 3. The van der Waals surface area contributed by atoms with Crippen LogP contribution in [0.25, 0.3) is 10.8 Å². The Labute approximate surface area is 129 Å². The van der Waals surface area contributed by atoms with Gasteiger partial charge in [0.05, 0.1) is 11.3 Å². The van der Waals surface area contributed by atoms with Crippen LogP contribution in [0.3, 0.4) is 0 Å². The number of amidine groups is 1. The molecule has 21 heavy (non-hydrogen) atoms. The second-order valence-electron chi connectivity index (χ2n) is 6.07. The first-order chi connectivity index (χ1) is 10.0. The van der Waals surface area contributed by atoms with E-state index >= 15 is 0 Å². The predicted octanol–water partition coefficient (Wildman–Crippen LogP) is 4.03. The Morgan fingerprint density at radius 1 is 1.10 bits per heavy atom. The minimum Gasteiger partial charge on any atom is -0.256 e. The van der Waals surface area contributed by atoms with Crippen LogP contribution in [0.5, 0.6) is 0 Å². The van der Waals surface area contributed by atoms with Crippen molar-refractivity contribution in [2.45, 2.75) is 26.3 Å². The molecule has 0 spiro atoms. The lowest BCUT2D eigenvalue weighted by Gasteiger charge is -2.19. The highest BCUT2D eigenvalue weighted by Crippen LogP contribution is 2.23. The average Bonchev–Trinajstić information content (AvgIpc) is 2.46. The quantitative estimate of drug-likeness (QED) is 0.862. The van der Waals surface area contributed by atoms with Crippen molar-refractivity contribution in [2.75, 3.05) is 5.75 Å². The molecule has 1 N–H and O–H groups in total. The predicted molar refractivity (Wildman–Crippen MR) is 93.3 cm³/mol. The Kier molecular flexibility index (Phi) is 3.72. The number of fused-ring (bicyclic) bond motifs is 1. The summed E-state index contributed by atoms with van der Waals surface area (Å²) in [7, 11) is 0. The molecule has 0 amide bonds. The van der Waals surface area contributed by atoms with Crippen LogP contribution < -0.4 is 5.43 Å². The van der Waals surface area contributed by atoms with Crippen molar-refractivity contribution in [2.24, 2.45) is 10.1 Å². The topological polar surface area (TPSA) is 36.8 Å². The number of benzene rings is 2. The first kappa shape index (κ1) is 14.1. The molecule has 4 heteroatoms. The molecule has 3 nitrogen and oxygen atoms in total. The molecule has 0 fully saturated rings. The number of hydrazone groups is 1. The van der Waals surface area contributed by atoms with Crippen LogP contribution in [-0.2, 0) is 0 Å². The van der Waals surface area contributed by atoms with E-state index in [1.165, 1.54) is 16.3 Å². The maximum absolute atomic E-state index is 4.62. The summed E-state index contributed by atoms with van der Waals surface area (Å²) in [5.74, 6) is 0.843. The first-order valence-corrected chi connectivity index (χ1v) is 8.05. The molecule has 0 aliphatic carbocycles. The second-order valence-corrected chi connectivity index (χ2v) is 7.04. The summed E-state index contributed by atoms with van der Waals surface area (Å²) in [6.45, 7) is 6.27. The Bertz CT molecular complexity index is 721. The standard InChI is InChI=1S/C17H19N3S/c1-17(2,3)18-16-20-19-15(11-21-16)14-10-6-8-12-7-4-5-9-13(12)14/h4-10H,11H2,1-3H3,(H,18,20). The van der Waals surface area contributed by atoms with Crippen molar-refractivity contribution < 1.29 is 0 Å². The van der Waals surface area contributed by atoms with Gasteiger partial charge in [0.1, 0.15) is 0 Å². The molecule has 0 unspecified atom stereocenters. The summed E-state index contributed by atoms with van der Waals surface area (Å²) in [6.07, 6.45) is 0. The zero-order valence-electron chi connectivity index (χ0n) is 12.6. The van der Waals surface area contributed by atoms with Crippen molar-refractivity contribution in [3.8, 4) is 0 Å². The minimum atomic E-state index is -0.0815. The van der Waals surface area contributed by atoms with E-state index in [-0.39, 0.29) is 5.54 Å². The van der Waals surface area contributed by atoms with Gasteiger partial charge in [-0.15, -0.1) is 0 Å². The zero-order chi connectivity index (χ0) is 14.9. The maximum atomic E-state index is 4.62. The summed E-state index contributed by atoms with van der Waals surface area (Å²) in [5, 5.41) is 7.92. The largest absolute Gasteiger partial charge is 0.256 e. The highest BCUT2D eigenvalue weighted by atomic mass is 32.2. The molecule has 108 valence electrons. The molecule has 1 aliphatic heterocycles. The third-order valence-corrected chi connectivity index (χ3v) is 4.04. The van der Waals surface area contributed by atoms with E-state index in [9.17, 15) is 0 Å². The lowest BCUT2D eigenvalue weighted by Crippen LogP contribution is -2.28. The molecule has 3 rings (SSSR count). The first-order valence-electron chi connectivity index (χ1n) is 7.06. The van der Waals surface area contributed by atoms with Crippen LogP contribution in [0.4, 0.5) is 0 Å². The minimum absolute atomic E-state index is 0.0815. The zero-order valence-corrected chi connectivity index (χ0v) is 13.4. The smallest absolute Gasteiger partial charge is 0.178 e. The van der Waals surface area contributed by atoms with Crippen LogP contribution >= 0.6 is 11.8 Å². The molecule has 0 bridgehead atoms. The molecular formula is C17H19N3S. The van der Waals surface area contributed by atoms with E-state index in [1.807, 2.05) is 0 Å². The van der Waals surface area contributed by atoms with Gasteiger partial charge in [0.2, 0.25) is 0 Å². The summed E-state index contributed by atoms with van der Waals surface area (Å²) < 4.78 is 0. The van der Waals surface area contributed by atoms with Crippen molar-refractivity contribution in [3.63, 3.8) is 0 Å². The summed E-state index contributed by atoms with van der Waals surface area (Å²) in [6, 6.07) is 14.8. The SMILES string of the molecule is CC(C)(C)N=C1NN=C(c2cccc3ccccc23)CS1. The van der Waals surface area contributed by atoms with Gasteiger partial charge in [0.25, 0.3) is 0 Å². The van der Waals surface area contributed by atoms with Gasteiger partial charge in [-0.2, -0.15) is 5.10 Å². The Morgan fingerprint density at radius 2 is 1.86 bits per heavy atom. The Morgan fingerprint density at radius 3 is 2.57 bits per heavy atom. The fourth-order valence-corrected chi connectivity index (χ4v) is 3.24. The second kappa shape index (κ2) is 5.53. The number of nitrogens with one attached hydrogen (secondary N) is 1. The van der Waals surface area contributed by atoms with Gasteiger partial charge in [0, 0.05) is 11.3 Å². The van der Waals surface area contributed by atoms with Gasteiger partial charge in [-0.3, -0.25) is 10.4 Å². The number of hydrogen-bond donors (Lipinski definition) is 1. The number of thioether (sulfide) groups is 1. The van der Waals surface area contributed by atoms with Crippen molar-refractivity contribution in [1.29, 1.82) is 0 Å². The molecule has 1 heterocycles. The highest BCUT2D eigenvalue weighted by molar-refractivity contribution is 8.14. The third-order valence-electron chi connectivity index (χ3n) is 3.17. The lowest BCUT2D eigenvalue weighted by atomic mass is 10.0. The average molecular weight is 297 g/mol. The molecular weight excluding hydrogens is 278 g/mol. The summed E-state index contributed by atoms with van der Waals surface area (Å²) >= 11 is 1.71. The van der Waals surface area contributed by atoms with Gasteiger partial charge in [-0.1, -0.05) is 54.2 Å². The van der Waals surface area contributed by atoms with Crippen LogP contribution in [0.1, 0.15) is 26.3 Å². The molecule has 0 saturated heterocycles. The van der Waals surface area contributed by atoms with E-state index in [2.05, 4.69) is 78.8 Å². The van der Waals surface area contributed by atoms with Crippen LogP contribution in [-0.4, -0.2) is 22.2 Å². The molecule has 0 aromatic heterocycles. The van der Waals surface area contributed by atoms with E-state index in [0.29, 0.717) is 0 Å². The molecule has 1 aliphatic rings. The maximum Gasteiger partial charge on any atom is 0.178 e. The monoisotopic (exact) mass is 297 g/mol. The van der Waals surface area contributed by atoms with Gasteiger partial charge in [-0.25, -0.2) is 0 Å². The van der Waals surface area contributed by atoms with E-state index < -0.39 is 0 Å². The van der Waals surface area contributed by atoms with Crippen molar-refractivity contribution >= 4 is 33.4 Å². The third kappa shape index (κ3) is 3.27. The molecule has 2 aromatic carbocycles.